The molecule has 1 aromatic carbocycles. The molecular formula is C19H32NO5+. The van der Waals surface area contributed by atoms with Crippen LogP contribution in [0.25, 0.3) is 0 Å². The summed E-state index contributed by atoms with van der Waals surface area (Å²) in [7, 11) is 4.76. The third-order valence-electron chi connectivity index (χ3n) is 4.88. The molecule has 0 spiro atoms. The Labute approximate surface area is 150 Å². The first-order chi connectivity index (χ1) is 12.1. The number of hydrogen-bond acceptors (Lipinski definition) is 5. The van der Waals surface area contributed by atoms with Crippen molar-refractivity contribution in [2.24, 2.45) is 0 Å². The maximum atomic E-state index is 10.3. The van der Waals surface area contributed by atoms with E-state index in [2.05, 4.69) is 6.92 Å². The van der Waals surface area contributed by atoms with Gasteiger partial charge < -0.3 is 29.0 Å². The van der Waals surface area contributed by atoms with Crippen molar-refractivity contribution < 1.29 is 29.0 Å². The highest BCUT2D eigenvalue weighted by Gasteiger charge is 2.24. The van der Waals surface area contributed by atoms with Crippen molar-refractivity contribution in [3.05, 3.63) is 17.7 Å². The van der Waals surface area contributed by atoms with E-state index in [-0.39, 0.29) is 0 Å². The van der Waals surface area contributed by atoms with Crippen LogP contribution in [0.2, 0.25) is 0 Å². The minimum Gasteiger partial charge on any atom is -0.493 e. The molecule has 6 nitrogen and oxygen atoms in total. The number of piperidine rings is 1. The predicted octanol–water partition coefficient (Wildman–Crippen LogP) is 1.05. The highest BCUT2D eigenvalue weighted by atomic mass is 16.5. The molecule has 0 bridgehead atoms. The summed E-state index contributed by atoms with van der Waals surface area (Å²) in [6.45, 7) is 4.87. The second-order valence-corrected chi connectivity index (χ2v) is 6.71. The van der Waals surface area contributed by atoms with Crippen molar-refractivity contribution in [3.63, 3.8) is 0 Å². The minimum absolute atomic E-state index is 0.326. The standard InChI is InChI=1S/C19H31NO5/c1-14-7-5-6-8-20(14)11-16(21)13-25-12-15-9-17(22-2)19(24-4)18(10-15)23-3/h9-10,14,16,21H,5-8,11-13H2,1-4H3/p+1/t14-,16-/m0/s1. The zero-order chi connectivity index (χ0) is 18.2. The number of benzene rings is 1. The van der Waals surface area contributed by atoms with Gasteiger partial charge in [0.05, 0.1) is 47.1 Å². The lowest BCUT2D eigenvalue weighted by Gasteiger charge is -2.31. The van der Waals surface area contributed by atoms with Gasteiger partial charge in [-0.25, -0.2) is 0 Å². The van der Waals surface area contributed by atoms with Crippen molar-refractivity contribution in [3.8, 4) is 17.2 Å². The highest BCUT2D eigenvalue weighted by molar-refractivity contribution is 5.53. The summed E-state index contributed by atoms with van der Waals surface area (Å²) in [4.78, 5) is 1.48. The minimum atomic E-state index is -0.447. The number of aliphatic hydroxyl groups excluding tert-OH is 1. The van der Waals surface area contributed by atoms with Gasteiger partial charge in [-0.3, -0.25) is 0 Å². The zero-order valence-corrected chi connectivity index (χ0v) is 15.8. The molecule has 1 fully saturated rings. The highest BCUT2D eigenvalue weighted by Crippen LogP contribution is 2.38. The molecule has 0 aliphatic carbocycles. The third-order valence-corrected chi connectivity index (χ3v) is 4.88. The van der Waals surface area contributed by atoms with E-state index >= 15 is 0 Å². The van der Waals surface area contributed by atoms with Gasteiger partial charge in [-0.2, -0.15) is 0 Å². The molecule has 2 N–H and O–H groups in total. The molecule has 0 aromatic heterocycles. The second-order valence-electron chi connectivity index (χ2n) is 6.71. The molecule has 1 heterocycles. The van der Waals surface area contributed by atoms with Crippen LogP contribution in [0.15, 0.2) is 12.1 Å². The van der Waals surface area contributed by atoms with Gasteiger partial charge in [0.1, 0.15) is 12.6 Å². The van der Waals surface area contributed by atoms with E-state index in [1.807, 2.05) is 12.1 Å². The van der Waals surface area contributed by atoms with Gasteiger partial charge >= 0.3 is 0 Å². The molecular weight excluding hydrogens is 322 g/mol. The molecule has 1 aliphatic heterocycles. The van der Waals surface area contributed by atoms with Crippen LogP contribution in [0.3, 0.4) is 0 Å². The molecule has 1 aliphatic rings. The van der Waals surface area contributed by atoms with Crippen molar-refractivity contribution in [1.82, 2.24) is 0 Å². The number of quaternary nitrogens is 1. The van der Waals surface area contributed by atoms with Crippen molar-refractivity contribution in [2.75, 3.05) is 41.0 Å². The fraction of sp³-hybridized carbons (Fsp3) is 0.684. The quantitative estimate of drug-likeness (QED) is 0.694. The maximum absolute atomic E-state index is 10.3. The number of ether oxygens (including phenoxy) is 4. The molecule has 1 saturated heterocycles. The van der Waals surface area contributed by atoms with E-state index in [1.165, 1.54) is 24.2 Å². The topological polar surface area (TPSA) is 61.6 Å². The van der Waals surface area contributed by atoms with Gasteiger partial charge in [0.2, 0.25) is 5.75 Å². The average molecular weight is 354 g/mol. The Hall–Kier alpha value is -1.50. The average Bonchev–Trinajstić information content (AvgIpc) is 2.62. The molecule has 0 saturated carbocycles. The summed E-state index contributed by atoms with van der Waals surface area (Å²) >= 11 is 0. The Morgan fingerprint density at radius 2 is 1.80 bits per heavy atom. The number of hydrogen-bond donors (Lipinski definition) is 2. The summed E-state index contributed by atoms with van der Waals surface area (Å²) < 4.78 is 21.7. The monoisotopic (exact) mass is 354 g/mol. The van der Waals surface area contributed by atoms with Gasteiger partial charge in [0, 0.05) is 0 Å². The molecule has 1 aromatic rings. The number of methoxy groups -OCH3 is 3. The smallest absolute Gasteiger partial charge is 0.203 e. The molecule has 2 rings (SSSR count). The van der Waals surface area contributed by atoms with Crippen LogP contribution in [0.5, 0.6) is 17.2 Å². The zero-order valence-electron chi connectivity index (χ0n) is 15.8. The first-order valence-corrected chi connectivity index (χ1v) is 8.98. The Morgan fingerprint density at radius 1 is 1.12 bits per heavy atom. The van der Waals surface area contributed by atoms with Crippen molar-refractivity contribution >= 4 is 0 Å². The lowest BCUT2D eigenvalue weighted by molar-refractivity contribution is -0.931. The van der Waals surface area contributed by atoms with Crippen LogP contribution in [0.4, 0.5) is 0 Å². The van der Waals surface area contributed by atoms with Crippen LogP contribution >= 0.6 is 0 Å². The molecule has 25 heavy (non-hydrogen) atoms. The van der Waals surface area contributed by atoms with Gasteiger partial charge in [-0.15, -0.1) is 0 Å². The van der Waals surface area contributed by atoms with Crippen LogP contribution in [-0.4, -0.2) is 58.3 Å². The first-order valence-electron chi connectivity index (χ1n) is 8.98. The molecule has 1 unspecified atom stereocenters. The number of aliphatic hydroxyl groups is 1. The number of rotatable bonds is 9. The number of nitrogens with one attached hydrogen (secondary N) is 1. The van der Waals surface area contributed by atoms with Crippen LogP contribution in [0.1, 0.15) is 31.7 Å². The number of likely N-dealkylation sites (tertiary alicyclic amines) is 1. The summed E-state index contributed by atoms with van der Waals surface area (Å²) in [5, 5.41) is 10.3. The van der Waals surface area contributed by atoms with Crippen molar-refractivity contribution in [2.45, 2.75) is 44.9 Å². The summed E-state index contributed by atoms with van der Waals surface area (Å²) in [6.07, 6.45) is 3.35. The van der Waals surface area contributed by atoms with Crippen LogP contribution in [-0.2, 0) is 11.3 Å². The Balaban J connectivity index is 1.86. The van der Waals surface area contributed by atoms with Gasteiger partial charge in [0.15, 0.2) is 11.5 Å². The van der Waals surface area contributed by atoms with Gasteiger partial charge in [-0.05, 0) is 43.9 Å². The van der Waals surface area contributed by atoms with E-state index < -0.39 is 6.10 Å². The van der Waals surface area contributed by atoms with E-state index in [4.69, 9.17) is 18.9 Å². The maximum Gasteiger partial charge on any atom is 0.203 e. The fourth-order valence-corrected chi connectivity index (χ4v) is 3.45. The second kappa shape index (κ2) is 9.85. The molecule has 6 heteroatoms. The molecule has 3 atom stereocenters. The molecule has 0 radical (unpaired) electrons. The lowest BCUT2D eigenvalue weighted by atomic mass is 10.0. The fourth-order valence-electron chi connectivity index (χ4n) is 3.45. The summed E-state index contributed by atoms with van der Waals surface area (Å²) in [5.41, 5.74) is 0.917. The Kier molecular flexibility index (Phi) is 7.81. The Bertz CT molecular complexity index is 512. The molecule has 0 amide bonds. The molecule has 142 valence electrons. The third kappa shape index (κ3) is 5.49. The first kappa shape index (κ1) is 19.8. The SMILES string of the molecule is COc1cc(COC[C@@H](O)C[NH+]2CCCC[C@@H]2C)cc(OC)c1OC. The van der Waals surface area contributed by atoms with E-state index in [1.54, 1.807) is 21.3 Å². The van der Waals surface area contributed by atoms with E-state index in [9.17, 15) is 5.11 Å². The predicted molar refractivity (Wildman–Crippen MR) is 95.8 cm³/mol. The summed E-state index contributed by atoms with van der Waals surface area (Å²) in [6, 6.07) is 4.36. The lowest BCUT2D eigenvalue weighted by Crippen LogP contribution is -3.17. The largest absolute Gasteiger partial charge is 0.493 e. The van der Waals surface area contributed by atoms with Gasteiger partial charge in [-0.1, -0.05) is 0 Å². The van der Waals surface area contributed by atoms with Crippen LogP contribution in [0, 0.1) is 0 Å². The van der Waals surface area contributed by atoms with Gasteiger partial charge in [0.25, 0.3) is 0 Å². The van der Waals surface area contributed by atoms with E-state index in [0.717, 1.165) is 18.7 Å². The summed E-state index contributed by atoms with van der Waals surface area (Å²) in [5.74, 6) is 1.77. The normalized spacial score (nSPS) is 21.6. The van der Waals surface area contributed by atoms with Crippen LogP contribution < -0.4 is 19.1 Å². The van der Waals surface area contributed by atoms with Crippen molar-refractivity contribution in [1.29, 1.82) is 0 Å². The van der Waals surface area contributed by atoms with E-state index in [0.29, 0.717) is 36.5 Å². The Morgan fingerprint density at radius 3 is 2.36 bits per heavy atom.